The Morgan fingerprint density at radius 2 is 1.79 bits per heavy atom. The minimum atomic E-state index is -3.80. The largest absolute Gasteiger partial charge is 0.496 e. The highest BCUT2D eigenvalue weighted by atomic mass is 32.2. The van der Waals surface area contributed by atoms with E-state index in [0.29, 0.717) is 11.4 Å². The van der Waals surface area contributed by atoms with Crippen molar-refractivity contribution >= 4 is 33.4 Å². The Hall–Kier alpha value is -2.03. The Morgan fingerprint density at radius 3 is 2.39 bits per heavy atom. The summed E-state index contributed by atoms with van der Waals surface area (Å²) in [4.78, 5) is 13.0. The van der Waals surface area contributed by atoms with Gasteiger partial charge in [0, 0.05) is 22.4 Å². The summed E-state index contributed by atoms with van der Waals surface area (Å²) in [7, 11) is -2.26. The molecule has 2 aromatic carbocycles. The van der Waals surface area contributed by atoms with Gasteiger partial charge in [-0.3, -0.25) is 4.79 Å². The highest BCUT2D eigenvalue weighted by Crippen LogP contribution is 2.30. The van der Waals surface area contributed by atoms with E-state index in [0.717, 1.165) is 10.5 Å². The molecule has 0 aliphatic carbocycles. The topological polar surface area (TPSA) is 84.5 Å². The van der Waals surface area contributed by atoms with Crippen molar-refractivity contribution in [2.45, 2.75) is 36.6 Å². The molecule has 2 N–H and O–H groups in total. The summed E-state index contributed by atoms with van der Waals surface area (Å²) < 4.78 is 33.8. The van der Waals surface area contributed by atoms with E-state index in [1.165, 1.54) is 23.9 Å². The van der Waals surface area contributed by atoms with Gasteiger partial charge in [0.25, 0.3) is 0 Å². The molecule has 0 radical (unpaired) electrons. The predicted molar refractivity (Wildman–Crippen MR) is 113 cm³/mol. The van der Waals surface area contributed by atoms with Crippen LogP contribution in [0.2, 0.25) is 0 Å². The number of nitrogens with one attached hydrogen (secondary N) is 2. The maximum absolute atomic E-state index is 12.9. The van der Waals surface area contributed by atoms with Gasteiger partial charge in [0.1, 0.15) is 5.75 Å². The van der Waals surface area contributed by atoms with E-state index in [9.17, 15) is 13.2 Å². The van der Waals surface area contributed by atoms with Crippen molar-refractivity contribution in [3.8, 4) is 5.75 Å². The van der Waals surface area contributed by atoms with Crippen molar-refractivity contribution in [2.24, 2.45) is 5.92 Å². The lowest BCUT2D eigenvalue weighted by molar-refractivity contribution is -0.118. The predicted octanol–water partition coefficient (Wildman–Crippen LogP) is 4.05. The summed E-state index contributed by atoms with van der Waals surface area (Å²) in [5.41, 5.74) is 1.22. The van der Waals surface area contributed by atoms with E-state index >= 15 is 0 Å². The molecule has 152 valence electrons. The Morgan fingerprint density at radius 1 is 1.11 bits per heavy atom. The summed E-state index contributed by atoms with van der Waals surface area (Å²) in [6.07, 6.45) is 1.87. The molecule has 1 atom stereocenters. The van der Waals surface area contributed by atoms with Crippen LogP contribution >= 0.6 is 11.8 Å². The first-order valence-electron chi connectivity index (χ1n) is 8.83. The van der Waals surface area contributed by atoms with E-state index in [2.05, 4.69) is 10.0 Å². The van der Waals surface area contributed by atoms with E-state index in [4.69, 9.17) is 4.74 Å². The Balaban J connectivity index is 2.33. The van der Waals surface area contributed by atoms with E-state index < -0.39 is 16.1 Å². The number of amides is 1. The number of hydrogen-bond acceptors (Lipinski definition) is 5. The van der Waals surface area contributed by atoms with E-state index in [-0.39, 0.29) is 16.7 Å². The van der Waals surface area contributed by atoms with Crippen LogP contribution in [0.5, 0.6) is 5.75 Å². The molecule has 1 unspecified atom stereocenters. The van der Waals surface area contributed by atoms with Gasteiger partial charge in [0.15, 0.2) is 0 Å². The highest BCUT2D eigenvalue weighted by molar-refractivity contribution is 7.98. The number of thioether (sulfide) groups is 1. The third-order valence-electron chi connectivity index (χ3n) is 4.20. The average Bonchev–Trinajstić information content (AvgIpc) is 2.67. The van der Waals surface area contributed by atoms with Crippen LogP contribution in [-0.4, -0.2) is 27.7 Å². The first-order chi connectivity index (χ1) is 13.2. The average molecular weight is 423 g/mol. The van der Waals surface area contributed by atoms with Gasteiger partial charge in [-0.1, -0.05) is 32.0 Å². The van der Waals surface area contributed by atoms with Crippen molar-refractivity contribution in [1.29, 1.82) is 0 Å². The molecule has 0 saturated carbocycles. The van der Waals surface area contributed by atoms with Gasteiger partial charge in [-0.15, -0.1) is 11.8 Å². The second-order valence-electron chi connectivity index (χ2n) is 6.59. The van der Waals surface area contributed by atoms with Gasteiger partial charge >= 0.3 is 0 Å². The number of rotatable bonds is 8. The lowest BCUT2D eigenvalue weighted by atomic mass is 10.1. The van der Waals surface area contributed by atoms with Gasteiger partial charge in [-0.25, -0.2) is 13.1 Å². The zero-order valence-corrected chi connectivity index (χ0v) is 18.3. The molecule has 2 rings (SSSR count). The van der Waals surface area contributed by atoms with Crippen LogP contribution in [0.4, 0.5) is 5.69 Å². The molecular formula is C20H26N2O4S2. The SMILES string of the molecule is COc1ccccc1C(C)NS(=O)(=O)c1ccc(SC)c(NC(=O)C(C)C)c1. The van der Waals surface area contributed by atoms with Gasteiger partial charge in [-0.2, -0.15) is 0 Å². The molecule has 8 heteroatoms. The quantitative estimate of drug-likeness (QED) is 0.627. The number of anilines is 1. The second kappa shape index (κ2) is 9.45. The van der Waals surface area contributed by atoms with E-state index in [1.54, 1.807) is 40.0 Å². The van der Waals surface area contributed by atoms with E-state index in [1.807, 2.05) is 24.5 Å². The van der Waals surface area contributed by atoms with Crippen LogP contribution in [0.3, 0.4) is 0 Å². The molecule has 0 aliphatic rings. The monoisotopic (exact) mass is 422 g/mol. The molecule has 1 amide bonds. The highest BCUT2D eigenvalue weighted by Gasteiger charge is 2.22. The molecule has 2 aromatic rings. The fraction of sp³-hybridized carbons (Fsp3) is 0.350. The lowest BCUT2D eigenvalue weighted by Crippen LogP contribution is -2.27. The molecular weight excluding hydrogens is 396 g/mol. The third-order valence-corrected chi connectivity index (χ3v) is 6.54. The maximum atomic E-state index is 12.9. The minimum absolute atomic E-state index is 0.0890. The number of carbonyl (C=O) groups excluding carboxylic acids is 1. The van der Waals surface area contributed by atoms with Gasteiger partial charge in [0.2, 0.25) is 15.9 Å². The normalized spacial score (nSPS) is 12.6. The van der Waals surface area contributed by atoms with Crippen LogP contribution in [0.1, 0.15) is 32.4 Å². The molecule has 0 aromatic heterocycles. The Kier molecular flexibility index (Phi) is 7.51. The van der Waals surface area contributed by atoms with Crippen molar-refractivity contribution in [3.63, 3.8) is 0 Å². The number of sulfonamides is 1. The zero-order valence-electron chi connectivity index (χ0n) is 16.6. The van der Waals surface area contributed by atoms with Crippen molar-refractivity contribution in [2.75, 3.05) is 18.7 Å². The zero-order chi connectivity index (χ0) is 20.9. The summed E-state index contributed by atoms with van der Waals surface area (Å²) in [5.74, 6) is 0.235. The van der Waals surface area contributed by atoms with Crippen molar-refractivity contribution in [3.05, 3.63) is 48.0 Å². The number of para-hydroxylation sites is 1. The first kappa shape index (κ1) is 22.3. The standard InChI is InChI=1S/C20H26N2O4S2/c1-13(2)20(23)21-17-12-15(10-11-19(17)27-5)28(24,25)22-14(3)16-8-6-7-9-18(16)26-4/h6-14,22H,1-5H3,(H,21,23). The Labute approximate surface area is 171 Å². The molecule has 0 heterocycles. The molecule has 0 bridgehead atoms. The molecule has 0 spiro atoms. The van der Waals surface area contributed by atoms with Gasteiger partial charge < -0.3 is 10.1 Å². The number of carbonyl (C=O) groups is 1. The first-order valence-corrected chi connectivity index (χ1v) is 11.5. The molecule has 0 aliphatic heterocycles. The summed E-state index contributed by atoms with van der Waals surface area (Å²) >= 11 is 1.44. The smallest absolute Gasteiger partial charge is 0.241 e. The van der Waals surface area contributed by atoms with Crippen LogP contribution < -0.4 is 14.8 Å². The molecule has 6 nitrogen and oxygen atoms in total. The van der Waals surface area contributed by atoms with Crippen LogP contribution in [0, 0.1) is 5.92 Å². The minimum Gasteiger partial charge on any atom is -0.496 e. The number of ether oxygens (including phenoxy) is 1. The van der Waals surface area contributed by atoms with Gasteiger partial charge in [0.05, 0.1) is 17.7 Å². The summed E-state index contributed by atoms with van der Waals surface area (Å²) in [6, 6.07) is 11.5. The number of benzene rings is 2. The lowest BCUT2D eigenvalue weighted by Gasteiger charge is -2.18. The fourth-order valence-corrected chi connectivity index (χ4v) is 4.40. The summed E-state index contributed by atoms with van der Waals surface area (Å²) in [6.45, 7) is 5.32. The van der Waals surface area contributed by atoms with Crippen molar-refractivity contribution in [1.82, 2.24) is 4.72 Å². The molecule has 28 heavy (non-hydrogen) atoms. The van der Waals surface area contributed by atoms with Crippen molar-refractivity contribution < 1.29 is 17.9 Å². The Bertz CT molecular complexity index is 943. The fourth-order valence-electron chi connectivity index (χ4n) is 2.62. The molecule has 0 saturated heterocycles. The summed E-state index contributed by atoms with van der Waals surface area (Å²) in [5, 5.41) is 2.80. The number of hydrogen-bond donors (Lipinski definition) is 2. The third kappa shape index (κ3) is 5.27. The van der Waals surface area contributed by atoms with Crippen LogP contribution in [0.15, 0.2) is 52.3 Å². The van der Waals surface area contributed by atoms with Crippen LogP contribution in [-0.2, 0) is 14.8 Å². The number of methoxy groups -OCH3 is 1. The molecule has 0 fully saturated rings. The van der Waals surface area contributed by atoms with Crippen LogP contribution in [0.25, 0.3) is 0 Å². The second-order valence-corrected chi connectivity index (χ2v) is 9.15. The van der Waals surface area contributed by atoms with Gasteiger partial charge in [-0.05, 0) is 37.4 Å². The maximum Gasteiger partial charge on any atom is 0.241 e.